The summed E-state index contributed by atoms with van der Waals surface area (Å²) in [6.45, 7) is 3.36. The number of amides is 1. The van der Waals surface area contributed by atoms with E-state index in [4.69, 9.17) is 5.73 Å². The van der Waals surface area contributed by atoms with Gasteiger partial charge in [-0.2, -0.15) is 0 Å². The van der Waals surface area contributed by atoms with Gasteiger partial charge in [-0.25, -0.2) is 0 Å². The third kappa shape index (κ3) is 3.76. The Morgan fingerprint density at radius 1 is 1.33 bits per heavy atom. The fourth-order valence-electron chi connectivity index (χ4n) is 3.39. The number of hydrogen-bond acceptors (Lipinski definition) is 3. The molecule has 0 radical (unpaired) electrons. The van der Waals surface area contributed by atoms with Crippen molar-refractivity contribution in [2.45, 2.75) is 45.1 Å². The lowest BCUT2D eigenvalue weighted by molar-refractivity contribution is -0.134. The Balaban J connectivity index is 2.09. The number of aromatic hydroxyl groups is 1. The summed E-state index contributed by atoms with van der Waals surface area (Å²) in [4.78, 5) is 14.6. The number of nitrogens with zero attached hydrogens (tertiary/aromatic N) is 1. The van der Waals surface area contributed by atoms with Gasteiger partial charge in [0.25, 0.3) is 0 Å². The van der Waals surface area contributed by atoms with Crippen LogP contribution in [0.2, 0.25) is 0 Å². The van der Waals surface area contributed by atoms with Gasteiger partial charge in [-0.3, -0.25) is 4.79 Å². The number of carbonyl (C=O) groups is 1. The largest absolute Gasteiger partial charge is 0.508 e. The molecule has 1 aliphatic carbocycles. The van der Waals surface area contributed by atoms with Crippen LogP contribution in [0.3, 0.4) is 0 Å². The van der Waals surface area contributed by atoms with E-state index >= 15 is 0 Å². The molecule has 3 N–H and O–H groups in total. The molecule has 1 aromatic carbocycles. The highest BCUT2D eigenvalue weighted by atomic mass is 16.3. The fourth-order valence-corrected chi connectivity index (χ4v) is 3.39. The van der Waals surface area contributed by atoms with Gasteiger partial charge >= 0.3 is 0 Å². The van der Waals surface area contributed by atoms with Crippen LogP contribution in [-0.2, 0) is 11.2 Å². The molecule has 0 saturated heterocycles. The molecule has 4 heteroatoms. The van der Waals surface area contributed by atoms with Crippen molar-refractivity contribution >= 4 is 5.91 Å². The van der Waals surface area contributed by atoms with Crippen LogP contribution in [0.1, 0.15) is 38.2 Å². The third-order valence-electron chi connectivity index (χ3n) is 4.57. The van der Waals surface area contributed by atoms with Crippen molar-refractivity contribution < 1.29 is 9.90 Å². The predicted octanol–water partition coefficient (Wildman–Crippen LogP) is 2.30. The Morgan fingerprint density at radius 3 is 2.71 bits per heavy atom. The molecule has 1 fully saturated rings. The van der Waals surface area contributed by atoms with Gasteiger partial charge in [0.2, 0.25) is 5.91 Å². The van der Waals surface area contributed by atoms with Crippen molar-refractivity contribution in [2.75, 3.05) is 13.1 Å². The van der Waals surface area contributed by atoms with E-state index in [1.807, 2.05) is 24.0 Å². The van der Waals surface area contributed by atoms with Crippen molar-refractivity contribution in [3.05, 3.63) is 29.8 Å². The van der Waals surface area contributed by atoms with Crippen molar-refractivity contribution in [1.29, 1.82) is 0 Å². The second kappa shape index (κ2) is 7.46. The monoisotopic (exact) mass is 290 g/mol. The number of hydrogen-bond donors (Lipinski definition) is 2. The molecular weight excluding hydrogens is 264 g/mol. The maximum absolute atomic E-state index is 12.6. The number of benzene rings is 1. The summed E-state index contributed by atoms with van der Waals surface area (Å²) in [5.41, 5.74) is 6.58. The molecule has 0 bridgehead atoms. The maximum Gasteiger partial charge on any atom is 0.227 e. The summed E-state index contributed by atoms with van der Waals surface area (Å²) in [7, 11) is 0. The molecule has 21 heavy (non-hydrogen) atoms. The Bertz CT molecular complexity index is 476. The first-order valence-corrected chi connectivity index (χ1v) is 7.93. The van der Waals surface area contributed by atoms with Crippen LogP contribution < -0.4 is 5.73 Å². The lowest BCUT2D eigenvalue weighted by atomic mass is 9.83. The van der Waals surface area contributed by atoms with E-state index in [9.17, 15) is 9.90 Å². The number of para-hydroxylation sites is 1. The van der Waals surface area contributed by atoms with Crippen LogP contribution in [0.4, 0.5) is 0 Å². The van der Waals surface area contributed by atoms with Crippen molar-refractivity contribution in [3.8, 4) is 5.75 Å². The molecule has 1 aromatic rings. The highest BCUT2D eigenvalue weighted by Gasteiger charge is 2.31. The average Bonchev–Trinajstić information content (AvgIpc) is 2.51. The summed E-state index contributed by atoms with van der Waals surface area (Å²) in [6, 6.07) is 7.31. The summed E-state index contributed by atoms with van der Waals surface area (Å²) >= 11 is 0. The summed E-state index contributed by atoms with van der Waals surface area (Å²) in [5.74, 6) is 0.692. The van der Waals surface area contributed by atoms with Crippen LogP contribution >= 0.6 is 0 Å². The Kier molecular flexibility index (Phi) is 5.62. The zero-order chi connectivity index (χ0) is 15.2. The lowest BCUT2D eigenvalue weighted by Gasteiger charge is -2.39. The molecular formula is C17H26N2O2. The van der Waals surface area contributed by atoms with Gasteiger partial charge in [-0.15, -0.1) is 0 Å². The minimum Gasteiger partial charge on any atom is -0.508 e. The Hall–Kier alpha value is -1.55. The second-order valence-corrected chi connectivity index (χ2v) is 5.83. The number of nitrogens with two attached hydrogens (primary N) is 1. The molecule has 1 amide bonds. The van der Waals surface area contributed by atoms with Gasteiger partial charge in [0, 0.05) is 18.2 Å². The number of rotatable bonds is 5. The molecule has 4 nitrogen and oxygen atoms in total. The fraction of sp³-hybridized carbons (Fsp3) is 0.588. The van der Waals surface area contributed by atoms with E-state index in [0.29, 0.717) is 24.6 Å². The normalized spacial score (nSPS) is 22.0. The zero-order valence-electron chi connectivity index (χ0n) is 12.8. The quantitative estimate of drug-likeness (QED) is 0.874. The second-order valence-electron chi connectivity index (χ2n) is 5.83. The van der Waals surface area contributed by atoms with Crippen molar-refractivity contribution in [3.63, 3.8) is 0 Å². The molecule has 0 spiro atoms. The minimum absolute atomic E-state index is 0.0874. The van der Waals surface area contributed by atoms with Crippen LogP contribution in [0, 0.1) is 5.92 Å². The molecule has 1 saturated carbocycles. The van der Waals surface area contributed by atoms with Gasteiger partial charge in [0.05, 0.1) is 6.42 Å². The standard InChI is InChI=1S/C17H26N2O2/c1-2-19(15-9-5-3-8-14(15)12-18)17(21)11-13-7-4-6-10-16(13)20/h4,6-7,10,14-15,20H,2-3,5,8-9,11-12,18H2,1H3. The number of phenols is 1. The van der Waals surface area contributed by atoms with Crippen LogP contribution in [0.15, 0.2) is 24.3 Å². The van der Waals surface area contributed by atoms with Gasteiger partial charge in [-0.1, -0.05) is 31.0 Å². The molecule has 0 aromatic heterocycles. The summed E-state index contributed by atoms with van der Waals surface area (Å²) < 4.78 is 0. The number of phenolic OH excluding ortho intramolecular Hbond substituents is 1. The van der Waals surface area contributed by atoms with Gasteiger partial charge in [0.1, 0.15) is 5.75 Å². The van der Waals surface area contributed by atoms with E-state index in [2.05, 4.69) is 0 Å². The molecule has 2 unspecified atom stereocenters. The number of carbonyl (C=O) groups excluding carboxylic acids is 1. The minimum atomic E-state index is 0.0874. The first kappa shape index (κ1) is 15.8. The third-order valence-corrected chi connectivity index (χ3v) is 4.57. The van der Waals surface area contributed by atoms with Gasteiger partial charge in [-0.05, 0) is 38.3 Å². The zero-order valence-corrected chi connectivity index (χ0v) is 12.8. The van der Waals surface area contributed by atoms with Gasteiger partial charge < -0.3 is 15.7 Å². The molecule has 2 rings (SSSR count). The van der Waals surface area contributed by atoms with Crippen LogP contribution in [-0.4, -0.2) is 35.0 Å². The highest BCUT2D eigenvalue weighted by Crippen LogP contribution is 2.28. The van der Waals surface area contributed by atoms with E-state index in [1.54, 1.807) is 12.1 Å². The average molecular weight is 290 g/mol. The van der Waals surface area contributed by atoms with Crippen LogP contribution in [0.25, 0.3) is 0 Å². The predicted molar refractivity (Wildman–Crippen MR) is 84.0 cm³/mol. The van der Waals surface area contributed by atoms with Crippen LogP contribution in [0.5, 0.6) is 5.75 Å². The van der Waals surface area contributed by atoms with E-state index < -0.39 is 0 Å². The highest BCUT2D eigenvalue weighted by molar-refractivity contribution is 5.79. The number of likely N-dealkylation sites (N-methyl/N-ethyl adjacent to an activating group) is 1. The molecule has 2 atom stereocenters. The first-order chi connectivity index (χ1) is 10.2. The Labute approximate surface area is 126 Å². The molecule has 0 heterocycles. The molecule has 116 valence electrons. The van der Waals surface area contributed by atoms with Crippen molar-refractivity contribution in [1.82, 2.24) is 4.90 Å². The summed E-state index contributed by atoms with van der Waals surface area (Å²) in [6.07, 6.45) is 4.79. The smallest absolute Gasteiger partial charge is 0.227 e. The molecule has 0 aliphatic heterocycles. The Morgan fingerprint density at radius 2 is 2.05 bits per heavy atom. The van der Waals surface area contributed by atoms with Gasteiger partial charge in [0.15, 0.2) is 0 Å². The summed E-state index contributed by atoms with van der Waals surface area (Å²) in [5, 5.41) is 9.83. The topological polar surface area (TPSA) is 66.6 Å². The molecule has 1 aliphatic rings. The van der Waals surface area contributed by atoms with E-state index in [-0.39, 0.29) is 24.1 Å². The van der Waals surface area contributed by atoms with E-state index in [1.165, 1.54) is 12.8 Å². The van der Waals surface area contributed by atoms with Crippen molar-refractivity contribution in [2.24, 2.45) is 11.7 Å². The first-order valence-electron chi connectivity index (χ1n) is 7.93. The SMILES string of the molecule is CCN(C(=O)Cc1ccccc1O)C1CCCCC1CN. The lowest BCUT2D eigenvalue weighted by Crippen LogP contribution is -2.48. The maximum atomic E-state index is 12.6. The van der Waals surface area contributed by atoms with E-state index in [0.717, 1.165) is 12.8 Å².